The summed E-state index contributed by atoms with van der Waals surface area (Å²) in [4.78, 5) is 51.7. The van der Waals surface area contributed by atoms with E-state index in [1.165, 1.54) is 0 Å². The van der Waals surface area contributed by atoms with Gasteiger partial charge in [-0.2, -0.15) is 0 Å². The van der Waals surface area contributed by atoms with E-state index in [-0.39, 0.29) is 36.2 Å². The first-order valence-electron chi connectivity index (χ1n) is 9.52. The second-order valence-electron chi connectivity index (χ2n) is 7.79. The molecule has 0 aromatic carbocycles. The van der Waals surface area contributed by atoms with Crippen molar-refractivity contribution in [3.05, 3.63) is 0 Å². The van der Waals surface area contributed by atoms with Crippen LogP contribution in [-0.2, 0) is 14.4 Å². The Morgan fingerprint density at radius 1 is 1.19 bits per heavy atom. The fourth-order valence-electron chi connectivity index (χ4n) is 4.39. The number of amides is 5. The summed E-state index contributed by atoms with van der Waals surface area (Å²) in [6.45, 7) is 4.52. The van der Waals surface area contributed by atoms with E-state index >= 15 is 0 Å². The topological polar surface area (TPSA) is 98.8 Å². The van der Waals surface area contributed by atoms with Gasteiger partial charge in [0, 0.05) is 26.1 Å². The molecule has 3 rings (SSSR count). The monoisotopic (exact) mass is 364 g/mol. The lowest BCUT2D eigenvalue weighted by atomic mass is 9.73. The average Bonchev–Trinajstić information content (AvgIpc) is 2.83. The maximum atomic E-state index is 12.9. The zero-order valence-corrected chi connectivity index (χ0v) is 15.5. The van der Waals surface area contributed by atoms with Crippen LogP contribution in [0.5, 0.6) is 0 Å². The molecule has 3 aliphatic rings. The normalized spacial score (nSPS) is 29.8. The summed E-state index contributed by atoms with van der Waals surface area (Å²) >= 11 is 0. The van der Waals surface area contributed by atoms with Gasteiger partial charge in [0.1, 0.15) is 12.1 Å². The SMILES string of the molecule is CC(=O)N1CCC(NC(=O)CN2C(=O)NC3(CCCCC3C)C2=O)CC1. The Balaban J connectivity index is 1.55. The van der Waals surface area contributed by atoms with Crippen LogP contribution in [0.15, 0.2) is 0 Å². The number of nitrogens with one attached hydrogen (secondary N) is 2. The van der Waals surface area contributed by atoms with Crippen molar-refractivity contribution in [3.63, 3.8) is 0 Å². The second-order valence-corrected chi connectivity index (χ2v) is 7.79. The zero-order chi connectivity index (χ0) is 18.9. The third-order valence-electron chi connectivity index (χ3n) is 6.11. The number of carbonyl (C=O) groups is 4. The molecule has 144 valence electrons. The first kappa shape index (κ1) is 18.7. The van der Waals surface area contributed by atoms with Crippen LogP contribution in [-0.4, -0.2) is 64.8 Å². The summed E-state index contributed by atoms with van der Waals surface area (Å²) in [6.07, 6.45) is 4.89. The number of likely N-dealkylation sites (tertiary alicyclic amines) is 1. The molecule has 2 N–H and O–H groups in total. The number of piperidine rings is 1. The van der Waals surface area contributed by atoms with E-state index in [1.54, 1.807) is 11.8 Å². The van der Waals surface area contributed by atoms with Gasteiger partial charge in [-0.25, -0.2) is 4.79 Å². The molecule has 0 aromatic heterocycles. The molecular weight excluding hydrogens is 336 g/mol. The van der Waals surface area contributed by atoms with Gasteiger partial charge in [0.15, 0.2) is 0 Å². The Morgan fingerprint density at radius 3 is 2.50 bits per heavy atom. The van der Waals surface area contributed by atoms with Crippen molar-refractivity contribution in [2.24, 2.45) is 5.92 Å². The third kappa shape index (κ3) is 3.41. The number of hydrogen-bond acceptors (Lipinski definition) is 4. The van der Waals surface area contributed by atoms with Gasteiger partial charge < -0.3 is 15.5 Å². The molecule has 1 saturated carbocycles. The van der Waals surface area contributed by atoms with Gasteiger partial charge in [-0.15, -0.1) is 0 Å². The number of nitrogens with zero attached hydrogens (tertiary/aromatic N) is 2. The van der Waals surface area contributed by atoms with Crippen LogP contribution in [0.25, 0.3) is 0 Å². The lowest BCUT2D eigenvalue weighted by Crippen LogP contribution is -2.54. The smallest absolute Gasteiger partial charge is 0.325 e. The zero-order valence-electron chi connectivity index (χ0n) is 15.5. The van der Waals surface area contributed by atoms with Gasteiger partial charge in [0.25, 0.3) is 5.91 Å². The van der Waals surface area contributed by atoms with Gasteiger partial charge in [-0.1, -0.05) is 19.8 Å². The van der Waals surface area contributed by atoms with Crippen molar-refractivity contribution < 1.29 is 19.2 Å². The number of rotatable bonds is 3. The van der Waals surface area contributed by atoms with Crippen molar-refractivity contribution >= 4 is 23.8 Å². The molecule has 8 heteroatoms. The molecule has 0 radical (unpaired) electrons. The highest BCUT2D eigenvalue weighted by Crippen LogP contribution is 2.38. The molecule has 26 heavy (non-hydrogen) atoms. The van der Waals surface area contributed by atoms with Crippen molar-refractivity contribution in [2.45, 2.75) is 64.0 Å². The van der Waals surface area contributed by atoms with Crippen molar-refractivity contribution in [1.82, 2.24) is 20.4 Å². The molecule has 1 spiro atoms. The fraction of sp³-hybridized carbons (Fsp3) is 0.778. The molecule has 2 unspecified atom stereocenters. The Kier molecular flexibility index (Phi) is 5.20. The fourth-order valence-corrected chi connectivity index (χ4v) is 4.39. The van der Waals surface area contributed by atoms with Crippen LogP contribution in [0, 0.1) is 5.92 Å². The van der Waals surface area contributed by atoms with Crippen molar-refractivity contribution in [1.29, 1.82) is 0 Å². The Bertz CT molecular complexity index is 614. The average molecular weight is 364 g/mol. The lowest BCUT2D eigenvalue weighted by molar-refractivity contribution is -0.137. The van der Waals surface area contributed by atoms with Gasteiger partial charge in [0.2, 0.25) is 11.8 Å². The minimum atomic E-state index is -0.831. The summed E-state index contributed by atoms with van der Waals surface area (Å²) in [6, 6.07) is -0.494. The number of urea groups is 1. The Morgan fingerprint density at radius 2 is 1.88 bits per heavy atom. The predicted octanol–water partition coefficient (Wildman–Crippen LogP) is 0.614. The summed E-state index contributed by atoms with van der Waals surface area (Å²) in [5.74, 6) is -0.468. The molecule has 1 aliphatic carbocycles. The van der Waals surface area contributed by atoms with Gasteiger partial charge in [-0.05, 0) is 31.6 Å². The summed E-state index contributed by atoms with van der Waals surface area (Å²) in [5, 5.41) is 5.76. The first-order chi connectivity index (χ1) is 12.3. The molecule has 5 amide bonds. The van der Waals surface area contributed by atoms with E-state index in [9.17, 15) is 19.2 Å². The maximum Gasteiger partial charge on any atom is 0.325 e. The number of carbonyl (C=O) groups excluding carboxylic acids is 4. The minimum Gasteiger partial charge on any atom is -0.352 e. The molecular formula is C18H28N4O4. The Labute approximate surface area is 153 Å². The van der Waals surface area contributed by atoms with Crippen LogP contribution in [0.4, 0.5) is 4.79 Å². The number of imide groups is 1. The minimum absolute atomic E-state index is 0.0265. The first-order valence-corrected chi connectivity index (χ1v) is 9.52. The molecule has 3 fully saturated rings. The standard InChI is InChI=1S/C18H28N4O4/c1-12-5-3-4-8-18(12)16(25)22(17(26)20-18)11-15(24)19-14-6-9-21(10-7-14)13(2)23/h12,14H,3-11H2,1-2H3,(H,19,24)(H,20,26). The van der Waals surface area contributed by atoms with Crippen LogP contribution in [0.2, 0.25) is 0 Å². The number of hydrogen-bond donors (Lipinski definition) is 2. The summed E-state index contributed by atoms with van der Waals surface area (Å²) in [7, 11) is 0. The van der Waals surface area contributed by atoms with E-state index in [2.05, 4.69) is 10.6 Å². The highest BCUT2D eigenvalue weighted by atomic mass is 16.2. The lowest BCUT2D eigenvalue weighted by Gasteiger charge is -2.36. The quantitative estimate of drug-likeness (QED) is 0.717. The van der Waals surface area contributed by atoms with Crippen molar-refractivity contribution in [3.8, 4) is 0 Å². The van der Waals surface area contributed by atoms with Gasteiger partial charge in [-0.3, -0.25) is 19.3 Å². The summed E-state index contributed by atoms with van der Waals surface area (Å²) in [5.41, 5.74) is -0.831. The van der Waals surface area contributed by atoms with Gasteiger partial charge >= 0.3 is 6.03 Å². The molecule has 8 nitrogen and oxygen atoms in total. The highest BCUT2D eigenvalue weighted by Gasteiger charge is 2.55. The van der Waals surface area contributed by atoms with Crippen LogP contribution in [0.1, 0.15) is 52.4 Å². The molecule has 2 atom stereocenters. The summed E-state index contributed by atoms with van der Waals surface area (Å²) < 4.78 is 0. The molecule has 0 aromatic rings. The molecule has 2 aliphatic heterocycles. The van der Waals surface area contributed by atoms with E-state index in [4.69, 9.17) is 0 Å². The second kappa shape index (κ2) is 7.25. The largest absolute Gasteiger partial charge is 0.352 e. The molecule has 0 bridgehead atoms. The van der Waals surface area contributed by atoms with Gasteiger partial charge in [0.05, 0.1) is 0 Å². The molecule has 2 heterocycles. The Hall–Kier alpha value is -2.12. The van der Waals surface area contributed by atoms with Crippen LogP contribution >= 0.6 is 0 Å². The molecule has 2 saturated heterocycles. The maximum absolute atomic E-state index is 12.9. The van der Waals surface area contributed by atoms with E-state index < -0.39 is 11.6 Å². The van der Waals surface area contributed by atoms with E-state index in [0.29, 0.717) is 32.4 Å². The van der Waals surface area contributed by atoms with Crippen LogP contribution in [0.3, 0.4) is 0 Å². The van der Waals surface area contributed by atoms with E-state index in [0.717, 1.165) is 24.2 Å². The van der Waals surface area contributed by atoms with Crippen molar-refractivity contribution in [2.75, 3.05) is 19.6 Å². The van der Waals surface area contributed by atoms with E-state index in [1.807, 2.05) is 6.92 Å². The van der Waals surface area contributed by atoms with Crippen LogP contribution < -0.4 is 10.6 Å². The highest BCUT2D eigenvalue weighted by molar-refractivity contribution is 6.09. The predicted molar refractivity (Wildman–Crippen MR) is 94.0 cm³/mol. The third-order valence-corrected chi connectivity index (χ3v) is 6.11.